The van der Waals surface area contributed by atoms with Crippen LogP contribution in [0.4, 0.5) is 0 Å². The fraction of sp³-hybridized carbons (Fsp3) is 1.00. The average molecular weight is 270 g/mol. The van der Waals surface area contributed by atoms with E-state index < -0.39 is 0 Å². The van der Waals surface area contributed by atoms with E-state index in [1.807, 2.05) is 0 Å². The molecule has 0 radical (unpaired) electrons. The summed E-state index contributed by atoms with van der Waals surface area (Å²) < 4.78 is 5.73. The Balaban J connectivity index is 2.58. The molecule has 1 fully saturated rings. The first-order valence-electron chi connectivity index (χ1n) is 7.81. The molecule has 0 aliphatic carbocycles. The topological polar surface area (TPSA) is 24.5 Å². The molecule has 1 saturated heterocycles. The van der Waals surface area contributed by atoms with Crippen molar-refractivity contribution in [2.24, 2.45) is 11.3 Å². The second-order valence-electron chi connectivity index (χ2n) is 7.55. The Morgan fingerprint density at radius 1 is 1.21 bits per heavy atom. The average Bonchev–Trinajstić information content (AvgIpc) is 2.26. The van der Waals surface area contributed by atoms with Crippen molar-refractivity contribution >= 4 is 0 Å². The third-order valence-corrected chi connectivity index (χ3v) is 4.10. The van der Waals surface area contributed by atoms with Gasteiger partial charge in [0.05, 0.1) is 12.7 Å². The summed E-state index contributed by atoms with van der Waals surface area (Å²) in [5, 5.41) is 3.74. The molecule has 0 amide bonds. The van der Waals surface area contributed by atoms with Gasteiger partial charge in [-0.25, -0.2) is 0 Å². The second kappa shape index (κ2) is 7.05. The quantitative estimate of drug-likeness (QED) is 0.831. The van der Waals surface area contributed by atoms with Crippen molar-refractivity contribution in [2.75, 3.05) is 26.2 Å². The van der Waals surface area contributed by atoms with Crippen LogP contribution in [0.2, 0.25) is 0 Å². The summed E-state index contributed by atoms with van der Waals surface area (Å²) >= 11 is 0. The van der Waals surface area contributed by atoms with E-state index in [0.717, 1.165) is 26.2 Å². The summed E-state index contributed by atoms with van der Waals surface area (Å²) in [6.45, 7) is 19.9. The van der Waals surface area contributed by atoms with E-state index in [2.05, 4.69) is 58.7 Å². The lowest BCUT2D eigenvalue weighted by Crippen LogP contribution is -2.62. The molecule has 0 aromatic carbocycles. The molecule has 19 heavy (non-hydrogen) atoms. The first kappa shape index (κ1) is 16.9. The Hall–Kier alpha value is -0.120. The third-order valence-electron chi connectivity index (χ3n) is 4.10. The molecule has 1 N–H and O–H groups in total. The van der Waals surface area contributed by atoms with E-state index in [4.69, 9.17) is 4.74 Å². The normalized spacial score (nSPS) is 26.4. The molecule has 0 bridgehead atoms. The lowest BCUT2D eigenvalue weighted by atomic mass is 9.83. The van der Waals surface area contributed by atoms with E-state index in [0.29, 0.717) is 29.5 Å². The minimum atomic E-state index is 0.319. The molecule has 114 valence electrons. The van der Waals surface area contributed by atoms with E-state index in [-0.39, 0.29) is 0 Å². The highest BCUT2D eigenvalue weighted by atomic mass is 16.5. The third kappa shape index (κ3) is 5.41. The fourth-order valence-electron chi connectivity index (χ4n) is 2.73. The number of nitrogens with zero attached hydrogens (tertiary/aromatic N) is 1. The van der Waals surface area contributed by atoms with Crippen LogP contribution in [0, 0.1) is 11.3 Å². The van der Waals surface area contributed by atoms with E-state index in [1.165, 1.54) is 0 Å². The van der Waals surface area contributed by atoms with Crippen molar-refractivity contribution < 1.29 is 4.74 Å². The fourth-order valence-corrected chi connectivity index (χ4v) is 2.73. The molecule has 0 aromatic heterocycles. The number of hydrogen-bond donors (Lipinski definition) is 1. The highest BCUT2D eigenvalue weighted by Gasteiger charge is 2.34. The minimum Gasteiger partial charge on any atom is -0.377 e. The van der Waals surface area contributed by atoms with Crippen molar-refractivity contribution in [1.82, 2.24) is 10.2 Å². The number of piperazine rings is 1. The zero-order chi connectivity index (χ0) is 14.6. The molecule has 3 nitrogen and oxygen atoms in total. The Kier molecular flexibility index (Phi) is 6.28. The lowest BCUT2D eigenvalue weighted by molar-refractivity contribution is 0.0148. The van der Waals surface area contributed by atoms with Crippen molar-refractivity contribution in [3.05, 3.63) is 0 Å². The Labute approximate surface area is 120 Å². The Bertz CT molecular complexity index is 258. The van der Waals surface area contributed by atoms with E-state index in [9.17, 15) is 0 Å². The molecule has 0 saturated carbocycles. The zero-order valence-electron chi connectivity index (χ0n) is 14.0. The molecule has 2 unspecified atom stereocenters. The van der Waals surface area contributed by atoms with E-state index >= 15 is 0 Å². The predicted octanol–water partition coefficient (Wildman–Crippen LogP) is 2.76. The summed E-state index contributed by atoms with van der Waals surface area (Å²) in [6.07, 6.45) is 0.332. The number of hydrogen-bond acceptors (Lipinski definition) is 3. The van der Waals surface area contributed by atoms with Crippen LogP contribution >= 0.6 is 0 Å². The maximum absolute atomic E-state index is 5.73. The lowest BCUT2D eigenvalue weighted by Gasteiger charge is -2.46. The van der Waals surface area contributed by atoms with Gasteiger partial charge in [-0.05, 0) is 25.2 Å². The molecule has 2 atom stereocenters. The summed E-state index contributed by atoms with van der Waals surface area (Å²) in [5.74, 6) is 0.687. The molecule has 1 heterocycles. The first-order chi connectivity index (χ1) is 8.71. The van der Waals surface area contributed by atoms with Gasteiger partial charge in [-0.15, -0.1) is 0 Å². The van der Waals surface area contributed by atoms with Crippen molar-refractivity contribution in [2.45, 2.75) is 66.7 Å². The van der Waals surface area contributed by atoms with Gasteiger partial charge in [0.25, 0.3) is 0 Å². The molecule has 1 aliphatic rings. The van der Waals surface area contributed by atoms with Crippen molar-refractivity contribution in [3.63, 3.8) is 0 Å². The molecular formula is C16H34N2O. The minimum absolute atomic E-state index is 0.319. The highest BCUT2D eigenvalue weighted by Crippen LogP contribution is 2.25. The van der Waals surface area contributed by atoms with Crippen LogP contribution in [0.3, 0.4) is 0 Å². The van der Waals surface area contributed by atoms with Gasteiger partial charge in [-0.2, -0.15) is 0 Å². The van der Waals surface area contributed by atoms with Gasteiger partial charge in [0.2, 0.25) is 0 Å². The van der Waals surface area contributed by atoms with Gasteiger partial charge >= 0.3 is 0 Å². The molecular weight excluding hydrogens is 236 g/mol. The number of ether oxygens (including phenoxy) is 1. The molecule has 0 spiro atoms. The maximum atomic E-state index is 5.73. The molecule has 3 heteroatoms. The summed E-state index contributed by atoms with van der Waals surface area (Å²) in [6, 6.07) is 1.20. The van der Waals surface area contributed by atoms with Gasteiger partial charge in [-0.3, -0.25) is 4.90 Å². The highest BCUT2D eigenvalue weighted by molar-refractivity contribution is 4.92. The van der Waals surface area contributed by atoms with Crippen LogP contribution in [-0.2, 0) is 4.74 Å². The van der Waals surface area contributed by atoms with Crippen LogP contribution in [0.25, 0.3) is 0 Å². The molecule has 1 rings (SSSR count). The van der Waals surface area contributed by atoms with Crippen molar-refractivity contribution in [3.8, 4) is 0 Å². The summed E-state index contributed by atoms with van der Waals surface area (Å²) in [4.78, 5) is 2.62. The zero-order valence-corrected chi connectivity index (χ0v) is 14.0. The Morgan fingerprint density at radius 3 is 2.32 bits per heavy atom. The number of nitrogens with one attached hydrogen (secondary N) is 1. The van der Waals surface area contributed by atoms with Crippen LogP contribution in [0.15, 0.2) is 0 Å². The van der Waals surface area contributed by atoms with Gasteiger partial charge in [-0.1, -0.05) is 34.6 Å². The smallest absolute Gasteiger partial charge is 0.0597 e. The van der Waals surface area contributed by atoms with Gasteiger partial charge in [0.15, 0.2) is 0 Å². The largest absolute Gasteiger partial charge is 0.377 e. The van der Waals surface area contributed by atoms with Crippen LogP contribution in [0.1, 0.15) is 48.5 Å². The second-order valence-corrected chi connectivity index (χ2v) is 7.55. The van der Waals surface area contributed by atoms with Crippen molar-refractivity contribution in [1.29, 1.82) is 0 Å². The summed E-state index contributed by atoms with van der Waals surface area (Å²) in [7, 11) is 0. The van der Waals surface area contributed by atoms with Crippen LogP contribution in [-0.4, -0.2) is 49.3 Å². The standard InChI is InChI=1S/C16H34N2O/c1-12(2)14-10-17-15(16(5,6)7)11-18(14)8-9-19-13(3)4/h12-15,17H,8-11H2,1-7H3. The van der Waals surface area contributed by atoms with Crippen LogP contribution in [0.5, 0.6) is 0 Å². The predicted molar refractivity (Wildman–Crippen MR) is 82.5 cm³/mol. The monoisotopic (exact) mass is 270 g/mol. The summed E-state index contributed by atoms with van der Waals surface area (Å²) in [5.41, 5.74) is 0.319. The number of rotatable bonds is 5. The SMILES string of the molecule is CC(C)OCCN1CC(C(C)(C)C)NCC1C(C)C. The maximum Gasteiger partial charge on any atom is 0.0597 e. The molecule has 1 aliphatic heterocycles. The van der Waals surface area contributed by atoms with Gasteiger partial charge in [0.1, 0.15) is 0 Å². The first-order valence-corrected chi connectivity index (χ1v) is 7.81. The Morgan fingerprint density at radius 2 is 1.84 bits per heavy atom. The van der Waals surface area contributed by atoms with Gasteiger partial charge < -0.3 is 10.1 Å². The van der Waals surface area contributed by atoms with E-state index in [1.54, 1.807) is 0 Å². The van der Waals surface area contributed by atoms with Gasteiger partial charge in [0, 0.05) is 31.7 Å². The molecule has 0 aromatic rings. The van der Waals surface area contributed by atoms with Crippen LogP contribution < -0.4 is 5.32 Å².